The van der Waals surface area contributed by atoms with E-state index in [1.54, 1.807) is 32.9 Å². The molecule has 0 radical (unpaired) electrons. The van der Waals surface area contributed by atoms with E-state index in [9.17, 15) is 14.4 Å². The molecule has 156 valence electrons. The zero-order chi connectivity index (χ0) is 21.0. The van der Waals surface area contributed by atoms with Crippen molar-refractivity contribution in [3.63, 3.8) is 0 Å². The molecule has 1 aromatic carbocycles. The second-order valence-electron chi connectivity index (χ2n) is 7.91. The van der Waals surface area contributed by atoms with Crippen molar-refractivity contribution in [2.75, 3.05) is 6.54 Å². The summed E-state index contributed by atoms with van der Waals surface area (Å²) in [4.78, 5) is 44.3. The van der Waals surface area contributed by atoms with Crippen LogP contribution < -0.4 is 0 Å². The van der Waals surface area contributed by atoms with Crippen molar-refractivity contribution in [2.24, 2.45) is 0 Å². The Labute approximate surface area is 170 Å². The van der Waals surface area contributed by atoms with Gasteiger partial charge in [0, 0.05) is 6.42 Å². The second-order valence-corrected chi connectivity index (χ2v) is 7.91. The molecule has 2 aliphatic heterocycles. The van der Waals surface area contributed by atoms with Crippen LogP contribution in [0.4, 0.5) is 4.79 Å². The van der Waals surface area contributed by atoms with Gasteiger partial charge in [-0.25, -0.2) is 14.4 Å². The number of benzene rings is 1. The SMILES string of the molecule is CC(C)(C)OC(=O)[C@@H]1CCC(=O)N1[C@@H]1C=CCN(C(=O)OCc2ccccc2)O1. The molecule has 1 saturated heterocycles. The standard InChI is InChI=1S/C21H26N2O6/c1-21(2,3)28-19(25)16-11-12-17(24)23(16)18-10-7-13-22(29-18)20(26)27-14-15-8-5-4-6-9-15/h4-10,16,18H,11-14H2,1-3H3/t16-,18-/m0/s1. The van der Waals surface area contributed by atoms with Crippen LogP contribution in [0.15, 0.2) is 42.5 Å². The van der Waals surface area contributed by atoms with E-state index in [-0.39, 0.29) is 25.5 Å². The summed E-state index contributed by atoms with van der Waals surface area (Å²) in [7, 11) is 0. The van der Waals surface area contributed by atoms with Gasteiger partial charge in [0.25, 0.3) is 0 Å². The van der Waals surface area contributed by atoms with Gasteiger partial charge in [0.15, 0.2) is 6.23 Å². The molecule has 0 spiro atoms. The summed E-state index contributed by atoms with van der Waals surface area (Å²) in [6.45, 7) is 5.61. The molecule has 0 bridgehead atoms. The third-order valence-corrected chi connectivity index (χ3v) is 4.42. The van der Waals surface area contributed by atoms with Crippen molar-refractivity contribution in [1.29, 1.82) is 0 Å². The first kappa shape index (κ1) is 20.9. The van der Waals surface area contributed by atoms with Crippen molar-refractivity contribution in [3.8, 4) is 0 Å². The van der Waals surface area contributed by atoms with Crippen LogP contribution in [0.25, 0.3) is 0 Å². The quantitative estimate of drug-likeness (QED) is 0.569. The highest BCUT2D eigenvalue weighted by molar-refractivity contribution is 5.88. The van der Waals surface area contributed by atoms with Crippen LogP contribution in [-0.4, -0.2) is 52.3 Å². The molecule has 8 heteroatoms. The molecule has 2 atom stereocenters. The van der Waals surface area contributed by atoms with Crippen molar-refractivity contribution in [1.82, 2.24) is 9.96 Å². The number of carbonyl (C=O) groups excluding carboxylic acids is 3. The lowest BCUT2D eigenvalue weighted by Gasteiger charge is -2.35. The molecule has 0 unspecified atom stereocenters. The van der Waals surface area contributed by atoms with Gasteiger partial charge in [-0.1, -0.05) is 36.4 Å². The molecule has 8 nitrogen and oxygen atoms in total. The molecular formula is C21H26N2O6. The maximum Gasteiger partial charge on any atom is 0.434 e. The molecule has 29 heavy (non-hydrogen) atoms. The number of nitrogens with zero attached hydrogens (tertiary/aromatic N) is 2. The molecule has 2 aliphatic rings. The van der Waals surface area contributed by atoms with Crippen LogP contribution >= 0.6 is 0 Å². The zero-order valence-electron chi connectivity index (χ0n) is 16.9. The number of ether oxygens (including phenoxy) is 2. The molecule has 1 fully saturated rings. The van der Waals surface area contributed by atoms with Crippen LogP contribution in [0.3, 0.4) is 0 Å². The van der Waals surface area contributed by atoms with Gasteiger partial charge in [-0.3, -0.25) is 9.69 Å². The van der Waals surface area contributed by atoms with E-state index in [0.717, 1.165) is 10.6 Å². The third kappa shape index (κ3) is 5.35. The molecule has 0 aliphatic carbocycles. The number of amides is 2. The second kappa shape index (κ2) is 8.65. The fourth-order valence-electron chi connectivity index (χ4n) is 3.16. The minimum atomic E-state index is -0.874. The Hall–Kier alpha value is -2.87. The number of rotatable bonds is 4. The molecule has 3 rings (SSSR count). The average Bonchev–Trinajstić information content (AvgIpc) is 3.07. The number of esters is 1. The lowest BCUT2D eigenvalue weighted by molar-refractivity contribution is -0.212. The maximum atomic E-state index is 12.5. The average molecular weight is 402 g/mol. The summed E-state index contributed by atoms with van der Waals surface area (Å²) < 4.78 is 10.7. The van der Waals surface area contributed by atoms with Gasteiger partial charge in [0.1, 0.15) is 18.2 Å². The van der Waals surface area contributed by atoms with Gasteiger partial charge in [-0.15, -0.1) is 0 Å². The summed E-state index contributed by atoms with van der Waals surface area (Å²) >= 11 is 0. The summed E-state index contributed by atoms with van der Waals surface area (Å²) in [6, 6.07) is 8.53. The third-order valence-electron chi connectivity index (χ3n) is 4.42. The summed E-state index contributed by atoms with van der Waals surface area (Å²) in [6.07, 6.45) is 2.39. The van der Waals surface area contributed by atoms with E-state index in [1.165, 1.54) is 4.90 Å². The monoisotopic (exact) mass is 402 g/mol. The van der Waals surface area contributed by atoms with Gasteiger partial charge in [0.2, 0.25) is 5.91 Å². The normalized spacial score (nSPS) is 22.0. The maximum absolute atomic E-state index is 12.5. The Morgan fingerprint density at radius 1 is 1.21 bits per heavy atom. The molecule has 0 aromatic heterocycles. The Bertz CT molecular complexity index is 786. The van der Waals surface area contributed by atoms with Crippen LogP contribution in [0.1, 0.15) is 39.2 Å². The fraction of sp³-hybridized carbons (Fsp3) is 0.476. The molecule has 1 aromatic rings. The van der Waals surface area contributed by atoms with Gasteiger partial charge < -0.3 is 9.47 Å². The largest absolute Gasteiger partial charge is 0.458 e. The van der Waals surface area contributed by atoms with Crippen LogP contribution in [0, 0.1) is 0 Å². The highest BCUT2D eigenvalue weighted by Gasteiger charge is 2.43. The number of hydrogen-bond acceptors (Lipinski definition) is 6. The van der Waals surface area contributed by atoms with Gasteiger partial charge in [0.05, 0.1) is 6.54 Å². The Morgan fingerprint density at radius 2 is 1.93 bits per heavy atom. The highest BCUT2D eigenvalue weighted by Crippen LogP contribution is 2.27. The lowest BCUT2D eigenvalue weighted by atomic mass is 10.1. The van der Waals surface area contributed by atoms with Gasteiger partial charge >= 0.3 is 12.1 Å². The van der Waals surface area contributed by atoms with Crippen molar-refractivity contribution in [3.05, 3.63) is 48.0 Å². The van der Waals surface area contributed by atoms with E-state index < -0.39 is 29.9 Å². The Balaban J connectivity index is 1.63. The lowest BCUT2D eigenvalue weighted by Crippen LogP contribution is -2.52. The fourth-order valence-corrected chi connectivity index (χ4v) is 3.16. The minimum absolute atomic E-state index is 0.108. The van der Waals surface area contributed by atoms with Crippen LogP contribution in [-0.2, 0) is 30.5 Å². The number of hydrogen-bond donors (Lipinski definition) is 0. The smallest absolute Gasteiger partial charge is 0.434 e. The molecule has 0 N–H and O–H groups in total. The summed E-state index contributed by atoms with van der Waals surface area (Å²) in [5.74, 6) is -0.709. The van der Waals surface area contributed by atoms with E-state index in [1.807, 2.05) is 30.3 Å². The van der Waals surface area contributed by atoms with Gasteiger partial charge in [-0.05, 0) is 38.8 Å². The zero-order valence-corrected chi connectivity index (χ0v) is 16.9. The van der Waals surface area contributed by atoms with E-state index in [0.29, 0.717) is 6.42 Å². The number of likely N-dealkylation sites (tertiary alicyclic amines) is 1. The van der Waals surface area contributed by atoms with E-state index >= 15 is 0 Å². The topological polar surface area (TPSA) is 85.4 Å². The first-order valence-corrected chi connectivity index (χ1v) is 9.60. The minimum Gasteiger partial charge on any atom is -0.458 e. The number of hydroxylamine groups is 2. The van der Waals surface area contributed by atoms with Crippen molar-refractivity contribution >= 4 is 18.0 Å². The molecule has 2 heterocycles. The van der Waals surface area contributed by atoms with Gasteiger partial charge in [-0.2, -0.15) is 5.06 Å². The van der Waals surface area contributed by atoms with E-state index in [4.69, 9.17) is 14.3 Å². The molecular weight excluding hydrogens is 376 g/mol. The van der Waals surface area contributed by atoms with Crippen LogP contribution in [0.5, 0.6) is 0 Å². The first-order chi connectivity index (χ1) is 13.7. The van der Waals surface area contributed by atoms with E-state index in [2.05, 4.69) is 0 Å². The predicted molar refractivity (Wildman–Crippen MR) is 103 cm³/mol. The molecule has 0 saturated carbocycles. The number of carbonyl (C=O) groups is 3. The van der Waals surface area contributed by atoms with Crippen molar-refractivity contribution < 1.29 is 28.7 Å². The first-order valence-electron chi connectivity index (χ1n) is 9.60. The van der Waals surface area contributed by atoms with Crippen molar-refractivity contribution in [2.45, 2.75) is 58.1 Å². The highest BCUT2D eigenvalue weighted by atomic mass is 16.7. The molecule has 2 amide bonds. The summed E-state index contributed by atoms with van der Waals surface area (Å²) in [5.41, 5.74) is 0.190. The summed E-state index contributed by atoms with van der Waals surface area (Å²) in [5, 5.41) is 1.05. The predicted octanol–water partition coefficient (Wildman–Crippen LogP) is 2.79. The Morgan fingerprint density at radius 3 is 2.62 bits per heavy atom. The Kier molecular flexibility index (Phi) is 6.22. The van der Waals surface area contributed by atoms with Crippen LogP contribution in [0.2, 0.25) is 0 Å².